The quantitative estimate of drug-likeness (QED) is 0.338. The van der Waals surface area contributed by atoms with Crippen molar-refractivity contribution < 1.29 is 14.3 Å². The van der Waals surface area contributed by atoms with E-state index in [4.69, 9.17) is 27.9 Å². The number of carbonyl (C=O) groups excluding carboxylic acids is 2. The van der Waals surface area contributed by atoms with Crippen LogP contribution in [0.4, 0.5) is 0 Å². The van der Waals surface area contributed by atoms with Gasteiger partial charge in [-0.1, -0.05) is 35.3 Å². The molecule has 1 aromatic heterocycles. The lowest BCUT2D eigenvalue weighted by Crippen LogP contribution is -2.33. The molecule has 1 amide bonds. The van der Waals surface area contributed by atoms with Gasteiger partial charge in [-0.3, -0.25) is 9.59 Å². The molecule has 6 nitrogen and oxygen atoms in total. The van der Waals surface area contributed by atoms with Gasteiger partial charge in [0.2, 0.25) is 0 Å². The second-order valence-electron chi connectivity index (χ2n) is 7.51. The van der Waals surface area contributed by atoms with E-state index < -0.39 is 6.04 Å². The van der Waals surface area contributed by atoms with Gasteiger partial charge in [0.05, 0.1) is 23.6 Å². The van der Waals surface area contributed by atoms with Crippen LogP contribution in [0.25, 0.3) is 11.0 Å². The first-order valence-electron chi connectivity index (χ1n) is 10.3. The SMILES string of the molecule is CC(NC(=O)COc1ccc(Cl)cc1)c1nc2ccccc2n1CC(=O)c1ccc(Cl)cc1. The summed E-state index contributed by atoms with van der Waals surface area (Å²) in [6.07, 6.45) is 0. The van der Waals surface area contributed by atoms with E-state index in [0.29, 0.717) is 27.2 Å². The second-order valence-corrected chi connectivity index (χ2v) is 8.38. The predicted molar refractivity (Wildman–Crippen MR) is 129 cm³/mol. The molecule has 0 aliphatic heterocycles. The van der Waals surface area contributed by atoms with Crippen molar-refractivity contribution in [2.75, 3.05) is 6.61 Å². The molecule has 8 heteroatoms. The molecule has 0 saturated heterocycles. The van der Waals surface area contributed by atoms with E-state index in [0.717, 1.165) is 11.0 Å². The Kier molecular flexibility index (Phi) is 6.96. The van der Waals surface area contributed by atoms with Crippen molar-refractivity contribution in [2.45, 2.75) is 19.5 Å². The summed E-state index contributed by atoms with van der Waals surface area (Å²) in [5, 5.41) is 4.05. The Morgan fingerprint density at radius 2 is 1.61 bits per heavy atom. The number of nitrogens with zero attached hydrogens (tertiary/aromatic N) is 2. The Morgan fingerprint density at radius 3 is 2.30 bits per heavy atom. The fraction of sp³-hybridized carbons (Fsp3) is 0.160. The van der Waals surface area contributed by atoms with Gasteiger partial charge in [0.25, 0.3) is 5.91 Å². The van der Waals surface area contributed by atoms with E-state index >= 15 is 0 Å². The number of hydrogen-bond donors (Lipinski definition) is 1. The second kappa shape index (κ2) is 10.1. The Labute approximate surface area is 201 Å². The highest BCUT2D eigenvalue weighted by Crippen LogP contribution is 2.22. The van der Waals surface area contributed by atoms with E-state index in [-0.39, 0.29) is 24.8 Å². The summed E-state index contributed by atoms with van der Waals surface area (Å²) in [5.74, 6) is 0.738. The first-order chi connectivity index (χ1) is 15.9. The molecule has 33 heavy (non-hydrogen) atoms. The maximum Gasteiger partial charge on any atom is 0.258 e. The number of aromatic nitrogens is 2. The van der Waals surface area contributed by atoms with Gasteiger partial charge in [-0.15, -0.1) is 0 Å². The van der Waals surface area contributed by atoms with Crippen LogP contribution < -0.4 is 10.1 Å². The third-order valence-electron chi connectivity index (χ3n) is 5.10. The number of carbonyl (C=O) groups is 2. The fourth-order valence-corrected chi connectivity index (χ4v) is 3.74. The average Bonchev–Trinajstić information content (AvgIpc) is 3.17. The van der Waals surface area contributed by atoms with E-state index in [9.17, 15) is 9.59 Å². The Balaban J connectivity index is 1.51. The van der Waals surface area contributed by atoms with Gasteiger partial charge in [0.1, 0.15) is 11.6 Å². The maximum absolute atomic E-state index is 12.9. The minimum Gasteiger partial charge on any atom is -0.484 e. The van der Waals surface area contributed by atoms with E-state index in [2.05, 4.69) is 10.3 Å². The van der Waals surface area contributed by atoms with Crippen LogP contribution in [0.1, 0.15) is 29.1 Å². The van der Waals surface area contributed by atoms with Crippen molar-refractivity contribution in [3.05, 3.63) is 94.2 Å². The van der Waals surface area contributed by atoms with Crippen LogP contribution >= 0.6 is 23.2 Å². The molecule has 1 heterocycles. The number of ether oxygens (including phenoxy) is 1. The lowest BCUT2D eigenvalue weighted by Gasteiger charge is -2.16. The van der Waals surface area contributed by atoms with Crippen molar-refractivity contribution in [1.82, 2.24) is 14.9 Å². The lowest BCUT2D eigenvalue weighted by atomic mass is 10.1. The molecule has 0 aliphatic carbocycles. The minimum atomic E-state index is -0.447. The number of rotatable bonds is 8. The molecule has 4 aromatic rings. The summed E-state index contributed by atoms with van der Waals surface area (Å²) in [7, 11) is 0. The standard InChI is InChI=1S/C25H21Cl2N3O3/c1-16(28-24(32)15-33-20-12-10-19(27)11-13-20)25-29-21-4-2-3-5-22(21)30(25)14-23(31)17-6-8-18(26)9-7-17/h2-13,16H,14-15H2,1H3,(H,28,32). The van der Waals surface area contributed by atoms with Gasteiger partial charge in [-0.2, -0.15) is 0 Å². The molecule has 0 bridgehead atoms. The van der Waals surface area contributed by atoms with Crippen LogP contribution in [-0.2, 0) is 11.3 Å². The van der Waals surface area contributed by atoms with Crippen molar-refractivity contribution in [3.8, 4) is 5.75 Å². The third kappa shape index (κ3) is 5.53. The minimum absolute atomic E-state index is 0.0823. The Morgan fingerprint density at radius 1 is 0.970 bits per heavy atom. The molecule has 3 aromatic carbocycles. The highest BCUT2D eigenvalue weighted by atomic mass is 35.5. The summed E-state index contributed by atoms with van der Waals surface area (Å²) >= 11 is 11.8. The molecule has 0 spiro atoms. The van der Waals surface area contributed by atoms with Gasteiger partial charge in [-0.25, -0.2) is 4.98 Å². The van der Waals surface area contributed by atoms with Gasteiger partial charge in [0, 0.05) is 15.6 Å². The summed E-state index contributed by atoms with van der Waals surface area (Å²) in [5.41, 5.74) is 2.11. The number of hydrogen-bond acceptors (Lipinski definition) is 4. The Bertz CT molecular complexity index is 1280. The van der Waals surface area contributed by atoms with E-state index in [1.54, 1.807) is 48.5 Å². The summed E-state index contributed by atoms with van der Waals surface area (Å²) < 4.78 is 7.35. The van der Waals surface area contributed by atoms with E-state index in [1.807, 2.05) is 35.8 Å². The zero-order valence-electron chi connectivity index (χ0n) is 17.8. The zero-order valence-corrected chi connectivity index (χ0v) is 19.3. The van der Waals surface area contributed by atoms with Crippen molar-refractivity contribution in [1.29, 1.82) is 0 Å². The molecule has 168 valence electrons. The molecule has 0 fully saturated rings. The number of nitrogens with one attached hydrogen (secondary N) is 1. The number of para-hydroxylation sites is 2. The number of ketones is 1. The van der Waals surface area contributed by atoms with Crippen molar-refractivity contribution in [3.63, 3.8) is 0 Å². The van der Waals surface area contributed by atoms with Gasteiger partial charge < -0.3 is 14.6 Å². The van der Waals surface area contributed by atoms with Crippen LogP contribution in [0.2, 0.25) is 10.0 Å². The van der Waals surface area contributed by atoms with E-state index in [1.165, 1.54) is 0 Å². The van der Waals surface area contributed by atoms with Crippen LogP contribution in [0.5, 0.6) is 5.75 Å². The Hall–Kier alpha value is -3.35. The number of fused-ring (bicyclic) bond motifs is 1. The average molecular weight is 482 g/mol. The summed E-state index contributed by atoms with van der Waals surface area (Å²) in [6, 6.07) is 20.6. The normalized spacial score (nSPS) is 11.8. The van der Waals surface area contributed by atoms with Crippen LogP contribution in [0, 0.1) is 0 Å². The third-order valence-corrected chi connectivity index (χ3v) is 5.60. The fourth-order valence-electron chi connectivity index (χ4n) is 3.49. The number of halogens is 2. The molecule has 1 N–H and O–H groups in total. The number of amides is 1. The highest BCUT2D eigenvalue weighted by molar-refractivity contribution is 6.30. The monoisotopic (exact) mass is 481 g/mol. The summed E-state index contributed by atoms with van der Waals surface area (Å²) in [6.45, 7) is 1.75. The van der Waals surface area contributed by atoms with Crippen LogP contribution in [0.15, 0.2) is 72.8 Å². The van der Waals surface area contributed by atoms with Crippen LogP contribution in [0.3, 0.4) is 0 Å². The predicted octanol–water partition coefficient (Wildman–Crippen LogP) is 5.48. The highest BCUT2D eigenvalue weighted by Gasteiger charge is 2.20. The largest absolute Gasteiger partial charge is 0.484 e. The van der Waals surface area contributed by atoms with Crippen molar-refractivity contribution in [2.24, 2.45) is 0 Å². The first kappa shape index (κ1) is 22.8. The first-order valence-corrected chi connectivity index (χ1v) is 11.1. The summed E-state index contributed by atoms with van der Waals surface area (Å²) in [4.78, 5) is 30.1. The molecule has 1 atom stereocenters. The molecule has 1 unspecified atom stereocenters. The zero-order chi connectivity index (χ0) is 23.4. The maximum atomic E-state index is 12.9. The molecule has 0 saturated carbocycles. The molecular formula is C25H21Cl2N3O3. The number of benzene rings is 3. The molecular weight excluding hydrogens is 461 g/mol. The van der Waals surface area contributed by atoms with Gasteiger partial charge in [-0.05, 0) is 67.6 Å². The van der Waals surface area contributed by atoms with Crippen molar-refractivity contribution >= 4 is 45.9 Å². The van der Waals surface area contributed by atoms with Crippen LogP contribution in [-0.4, -0.2) is 27.8 Å². The molecule has 4 rings (SSSR count). The smallest absolute Gasteiger partial charge is 0.258 e. The van der Waals surface area contributed by atoms with Gasteiger partial charge >= 0.3 is 0 Å². The lowest BCUT2D eigenvalue weighted by molar-refractivity contribution is -0.123. The van der Waals surface area contributed by atoms with Gasteiger partial charge in [0.15, 0.2) is 12.4 Å². The number of Topliss-reactive ketones (excluding diaryl/α,β-unsaturated/α-hetero) is 1. The molecule has 0 aliphatic rings. The number of imidazole rings is 1. The topological polar surface area (TPSA) is 73.2 Å². The molecule has 0 radical (unpaired) electrons.